The first kappa shape index (κ1) is 40.6. The molecule has 0 aromatic heterocycles. The predicted molar refractivity (Wildman–Crippen MR) is 233 cm³/mol. The molecule has 8 saturated carbocycles. The van der Waals surface area contributed by atoms with Gasteiger partial charge >= 0.3 is 0 Å². The third kappa shape index (κ3) is 5.69. The van der Waals surface area contributed by atoms with E-state index in [-0.39, 0.29) is 11.6 Å². The molecule has 0 aromatic rings. The van der Waals surface area contributed by atoms with Crippen LogP contribution in [0, 0.1) is 105 Å². The van der Waals surface area contributed by atoms with Gasteiger partial charge in [-0.25, -0.2) is 0 Å². The van der Waals surface area contributed by atoms with E-state index in [1.54, 1.807) is 0 Å². The molecule has 8 aliphatic carbocycles. The molecule has 0 radical (unpaired) electrons. The van der Waals surface area contributed by atoms with Crippen molar-refractivity contribution in [2.24, 2.45) is 105 Å². The molecule has 2 spiro atoms. The monoisotopic (exact) mass is 801 g/mol. The third-order valence-corrected chi connectivity index (χ3v) is 23.7. The first-order valence-corrected chi connectivity index (χ1v) is 26.4. The maximum absolute atomic E-state index is 6.92. The van der Waals surface area contributed by atoms with Gasteiger partial charge in [0.2, 0.25) is 0 Å². The van der Waals surface area contributed by atoms with E-state index in [1.807, 2.05) is 0 Å². The van der Waals surface area contributed by atoms with Crippen molar-refractivity contribution in [2.45, 2.75) is 220 Å². The van der Waals surface area contributed by atoms with E-state index in [2.05, 4.69) is 55.4 Å². The quantitative estimate of drug-likeness (QED) is 0.245. The number of hydrogen-bond donors (Lipinski definition) is 0. The Labute approximate surface area is 355 Å². The summed E-state index contributed by atoms with van der Waals surface area (Å²) < 4.78 is 26.8. The van der Waals surface area contributed by atoms with Crippen LogP contribution in [0.25, 0.3) is 0 Å². The molecule has 22 atom stereocenters. The molecule has 4 heteroatoms. The Balaban J connectivity index is 0.000000133. The van der Waals surface area contributed by atoms with Crippen LogP contribution >= 0.6 is 0 Å². The summed E-state index contributed by atoms with van der Waals surface area (Å²) >= 11 is 0. The van der Waals surface area contributed by atoms with Crippen molar-refractivity contribution in [3.8, 4) is 0 Å². The van der Waals surface area contributed by atoms with Gasteiger partial charge in [-0.15, -0.1) is 0 Å². The molecule has 2 unspecified atom stereocenters. The second-order valence-corrected chi connectivity index (χ2v) is 25.8. The first-order valence-electron chi connectivity index (χ1n) is 26.4. The number of rotatable bonds is 0. The van der Waals surface area contributed by atoms with E-state index in [4.69, 9.17) is 18.9 Å². The Morgan fingerprint density at radius 1 is 0.397 bits per heavy atom. The molecule has 0 N–H and O–H groups in total. The molecule has 58 heavy (non-hydrogen) atoms. The van der Waals surface area contributed by atoms with Crippen LogP contribution in [0.4, 0.5) is 0 Å². The highest BCUT2D eigenvalue weighted by atomic mass is 16.7. The summed E-state index contributed by atoms with van der Waals surface area (Å²) in [5.74, 6) is 11.2. The zero-order chi connectivity index (χ0) is 40.0. The minimum atomic E-state index is -0.250. The minimum absolute atomic E-state index is 0.250. The van der Waals surface area contributed by atoms with Gasteiger partial charge in [0.25, 0.3) is 0 Å². The number of hydrogen-bond acceptors (Lipinski definition) is 4. The van der Waals surface area contributed by atoms with E-state index in [1.165, 1.54) is 128 Å². The van der Waals surface area contributed by atoms with Crippen molar-refractivity contribution < 1.29 is 18.9 Å². The minimum Gasteiger partial charge on any atom is -0.349 e. The maximum atomic E-state index is 6.92. The Hall–Kier alpha value is -0.160. The Morgan fingerprint density at radius 2 is 0.828 bits per heavy atom. The molecule has 328 valence electrons. The zero-order valence-corrected chi connectivity index (χ0v) is 38.8. The average Bonchev–Trinajstić information content (AvgIpc) is 3.86. The highest BCUT2D eigenvalue weighted by Gasteiger charge is 2.71. The third-order valence-electron chi connectivity index (χ3n) is 23.7. The SMILES string of the molecule is C[C@@H]1CC[C@@]2(OC1)O[C@H]1C[C@H]3[C@@H]4CCC5CCCC[C@]5(C)[C@H]4CC[C@]3(C)[C@H]1[C@@H]2C.C[C@@H]1CC[C@@]2(OC1)O[C@H]1C[C@H]3[C@@H]4CCC5CCCC[C@]5(C)[C@H]4CC[C@]3(C)[C@H]1[C@@H]2C. The molecule has 12 rings (SSSR count). The van der Waals surface area contributed by atoms with E-state index < -0.39 is 0 Å². The van der Waals surface area contributed by atoms with Gasteiger partial charge in [-0.05, 0) is 195 Å². The maximum Gasteiger partial charge on any atom is 0.171 e. The van der Waals surface area contributed by atoms with Crippen LogP contribution in [-0.2, 0) is 18.9 Å². The standard InChI is InChI=1S/2C27H44O2/c2*1-17-10-14-27(28-16-17)18(2)24-23(29-27)15-22-20-9-8-19-7-5-6-12-25(19,3)21(20)11-13-26(22,24)4/h2*17-24H,5-16H2,1-4H3/t2*17-,18+,19?,20-,21+,22+,23+,24+,25+,26+,27-/m11/s1. The van der Waals surface area contributed by atoms with Crippen LogP contribution in [0.2, 0.25) is 0 Å². The normalized spacial score (nSPS) is 61.7. The molecule has 12 fully saturated rings. The van der Waals surface area contributed by atoms with Gasteiger partial charge in [-0.3, -0.25) is 0 Å². The summed E-state index contributed by atoms with van der Waals surface area (Å²) in [6.45, 7) is 22.2. The second kappa shape index (κ2) is 14.2. The number of ether oxygens (including phenoxy) is 4. The molecule has 4 heterocycles. The second-order valence-electron chi connectivity index (χ2n) is 25.8. The van der Waals surface area contributed by atoms with E-state index in [0.717, 1.165) is 85.2 Å². The van der Waals surface area contributed by atoms with Crippen LogP contribution in [0.3, 0.4) is 0 Å². The summed E-state index contributed by atoms with van der Waals surface area (Å²) in [6.07, 6.45) is 32.3. The van der Waals surface area contributed by atoms with Crippen molar-refractivity contribution in [2.75, 3.05) is 13.2 Å². The first-order chi connectivity index (χ1) is 27.7. The van der Waals surface area contributed by atoms with Crippen molar-refractivity contribution in [3.63, 3.8) is 0 Å². The number of fused-ring (bicyclic) bond motifs is 14. The van der Waals surface area contributed by atoms with Crippen molar-refractivity contribution >= 4 is 0 Å². The summed E-state index contributed by atoms with van der Waals surface area (Å²) in [5.41, 5.74) is 2.27. The highest BCUT2D eigenvalue weighted by Crippen LogP contribution is 2.73. The van der Waals surface area contributed by atoms with Gasteiger partial charge < -0.3 is 18.9 Å². The lowest BCUT2D eigenvalue weighted by Crippen LogP contribution is -2.54. The molecular weight excluding hydrogens is 713 g/mol. The molecular formula is C54H88O4. The van der Waals surface area contributed by atoms with Crippen LogP contribution in [0.5, 0.6) is 0 Å². The predicted octanol–water partition coefficient (Wildman–Crippen LogP) is 13.6. The molecule has 4 aliphatic heterocycles. The molecule has 4 nitrogen and oxygen atoms in total. The average molecular weight is 801 g/mol. The van der Waals surface area contributed by atoms with Gasteiger partial charge in [0.05, 0.1) is 25.4 Å². The van der Waals surface area contributed by atoms with Crippen LogP contribution in [0.1, 0.15) is 197 Å². The van der Waals surface area contributed by atoms with Gasteiger partial charge in [-0.2, -0.15) is 0 Å². The van der Waals surface area contributed by atoms with E-state index in [0.29, 0.717) is 57.5 Å². The molecule has 0 aromatic carbocycles. The van der Waals surface area contributed by atoms with Gasteiger partial charge in [0, 0.05) is 24.7 Å². The Kier molecular flexibility index (Phi) is 9.92. The Morgan fingerprint density at radius 3 is 1.22 bits per heavy atom. The lowest BCUT2D eigenvalue weighted by molar-refractivity contribution is -0.273. The molecule has 12 aliphatic rings. The summed E-state index contributed by atoms with van der Waals surface area (Å²) in [7, 11) is 0. The highest BCUT2D eigenvalue weighted by molar-refractivity contribution is 5.17. The topological polar surface area (TPSA) is 36.9 Å². The summed E-state index contributed by atoms with van der Waals surface area (Å²) in [5, 5.41) is 0. The smallest absolute Gasteiger partial charge is 0.171 e. The fraction of sp³-hybridized carbons (Fsp3) is 1.00. The fourth-order valence-electron chi connectivity index (χ4n) is 20.6. The van der Waals surface area contributed by atoms with E-state index >= 15 is 0 Å². The molecule has 0 bridgehead atoms. The van der Waals surface area contributed by atoms with Crippen molar-refractivity contribution in [1.82, 2.24) is 0 Å². The van der Waals surface area contributed by atoms with Gasteiger partial charge in [-0.1, -0.05) is 81.1 Å². The lowest BCUT2D eigenvalue weighted by Gasteiger charge is -2.61. The van der Waals surface area contributed by atoms with E-state index in [9.17, 15) is 0 Å². The van der Waals surface area contributed by atoms with Gasteiger partial charge in [0.15, 0.2) is 11.6 Å². The van der Waals surface area contributed by atoms with Gasteiger partial charge in [0.1, 0.15) is 0 Å². The van der Waals surface area contributed by atoms with Crippen molar-refractivity contribution in [1.29, 1.82) is 0 Å². The van der Waals surface area contributed by atoms with Crippen LogP contribution in [0.15, 0.2) is 0 Å². The van der Waals surface area contributed by atoms with Crippen LogP contribution in [-0.4, -0.2) is 37.0 Å². The Bertz CT molecular complexity index is 1410. The fourth-order valence-corrected chi connectivity index (χ4v) is 20.6. The zero-order valence-electron chi connectivity index (χ0n) is 38.8. The summed E-state index contributed by atoms with van der Waals surface area (Å²) in [4.78, 5) is 0. The molecule has 4 saturated heterocycles. The molecule has 0 amide bonds. The summed E-state index contributed by atoms with van der Waals surface area (Å²) in [6, 6.07) is 0. The van der Waals surface area contributed by atoms with Crippen LogP contribution < -0.4 is 0 Å². The van der Waals surface area contributed by atoms with Crippen molar-refractivity contribution in [3.05, 3.63) is 0 Å². The lowest BCUT2D eigenvalue weighted by atomic mass is 9.44. The largest absolute Gasteiger partial charge is 0.349 e.